The number of hydrogen-bond donors (Lipinski definition) is 3. The average molecular weight is 738 g/mol. The van der Waals surface area contributed by atoms with Gasteiger partial charge in [-0.1, -0.05) is 68.8 Å². The Morgan fingerprint density at radius 3 is 2.09 bits per heavy atom. The Morgan fingerprint density at radius 1 is 0.833 bits per heavy atom. The quantitative estimate of drug-likeness (QED) is 0.171. The van der Waals surface area contributed by atoms with E-state index in [9.17, 15) is 14.4 Å². The number of hydrogen-bond acceptors (Lipinski definition) is 8. The van der Waals surface area contributed by atoms with Gasteiger partial charge in [-0.05, 0) is 53.9 Å². The molecule has 0 bridgehead atoms. The molecule has 4 aromatic rings. The predicted molar refractivity (Wildman–Crippen MR) is 203 cm³/mol. The number of amides is 3. The van der Waals surface area contributed by atoms with Crippen molar-refractivity contribution in [2.24, 2.45) is 11.8 Å². The molecule has 3 aliphatic rings. The fourth-order valence-corrected chi connectivity index (χ4v) is 8.27. The third kappa shape index (κ3) is 7.78. The van der Waals surface area contributed by atoms with Crippen LogP contribution in [-0.2, 0) is 23.8 Å². The topological polar surface area (TPSA) is 155 Å². The normalized spacial score (nSPS) is 22.1. The van der Waals surface area contributed by atoms with E-state index in [1.54, 1.807) is 7.11 Å². The molecule has 13 heteroatoms. The number of H-pyrrole nitrogens is 2. The molecule has 54 heavy (non-hydrogen) atoms. The third-order valence-electron chi connectivity index (χ3n) is 11.2. The van der Waals surface area contributed by atoms with Crippen molar-refractivity contribution >= 4 is 17.9 Å². The van der Waals surface area contributed by atoms with Gasteiger partial charge in [0.05, 0.1) is 62.8 Å². The van der Waals surface area contributed by atoms with Crippen LogP contribution in [0.2, 0.25) is 0 Å². The minimum atomic E-state index is -0.677. The van der Waals surface area contributed by atoms with Crippen molar-refractivity contribution in [3.63, 3.8) is 0 Å². The SMILES string of the molecule is COC[C@@H]1COCCN1C(=O)[C@@H]1CCC[C@H]1c1ncc(-c2ccc(-c3ccc(-c4cnc([C@@H]5CCCN5C(=O)[C@H](NC(=O)OC)C(C)C)[nH]4)cc3)cc2)[nH]1. The number of nitrogens with zero attached hydrogens (tertiary/aromatic N) is 4. The van der Waals surface area contributed by atoms with Crippen LogP contribution < -0.4 is 5.32 Å². The van der Waals surface area contributed by atoms with Crippen molar-refractivity contribution in [3.05, 3.63) is 72.6 Å². The maximum atomic E-state index is 13.7. The molecule has 13 nitrogen and oxygen atoms in total. The van der Waals surface area contributed by atoms with E-state index in [-0.39, 0.29) is 41.7 Å². The second-order valence-corrected chi connectivity index (χ2v) is 14.9. The average Bonchev–Trinajstić information content (AvgIpc) is 4.03. The summed E-state index contributed by atoms with van der Waals surface area (Å²) in [5.41, 5.74) is 6.02. The molecule has 1 saturated carbocycles. The van der Waals surface area contributed by atoms with E-state index in [2.05, 4.69) is 68.8 Å². The van der Waals surface area contributed by atoms with E-state index in [0.29, 0.717) is 32.9 Å². The first-order valence-corrected chi connectivity index (χ1v) is 19.1. The highest BCUT2D eigenvalue weighted by atomic mass is 16.5. The fraction of sp³-hybridized carbons (Fsp3) is 0.488. The van der Waals surface area contributed by atoms with E-state index in [0.717, 1.165) is 77.4 Å². The molecule has 3 N–H and O–H groups in total. The first-order valence-electron chi connectivity index (χ1n) is 19.1. The Labute approximate surface area is 316 Å². The maximum Gasteiger partial charge on any atom is 0.407 e. The number of rotatable bonds is 11. The van der Waals surface area contributed by atoms with Gasteiger partial charge in [-0.15, -0.1) is 0 Å². The highest BCUT2D eigenvalue weighted by molar-refractivity contribution is 5.86. The number of ether oxygens (including phenoxy) is 3. The summed E-state index contributed by atoms with van der Waals surface area (Å²) in [6.07, 6.45) is 7.53. The number of nitrogens with one attached hydrogen (secondary N) is 3. The third-order valence-corrected chi connectivity index (χ3v) is 11.2. The van der Waals surface area contributed by atoms with Gasteiger partial charge in [-0.25, -0.2) is 14.8 Å². The second kappa shape index (κ2) is 16.6. The van der Waals surface area contributed by atoms with E-state index in [1.807, 2.05) is 36.0 Å². The summed E-state index contributed by atoms with van der Waals surface area (Å²) in [5.74, 6) is 1.54. The summed E-state index contributed by atoms with van der Waals surface area (Å²) in [6.45, 7) is 6.56. The van der Waals surface area contributed by atoms with Gasteiger partial charge in [0.2, 0.25) is 11.8 Å². The fourth-order valence-electron chi connectivity index (χ4n) is 8.27. The number of carbonyl (C=O) groups excluding carboxylic acids is 3. The Hall–Kier alpha value is -5.01. The molecule has 3 fully saturated rings. The van der Waals surface area contributed by atoms with Crippen LogP contribution in [-0.4, -0.2) is 107 Å². The summed E-state index contributed by atoms with van der Waals surface area (Å²) in [7, 11) is 2.96. The number of benzene rings is 2. The van der Waals surface area contributed by atoms with Crippen molar-refractivity contribution < 1.29 is 28.6 Å². The molecule has 1 aliphatic carbocycles. The van der Waals surface area contributed by atoms with Crippen molar-refractivity contribution in [2.75, 3.05) is 47.1 Å². The molecule has 3 amide bonds. The van der Waals surface area contributed by atoms with Crippen molar-refractivity contribution in [3.8, 4) is 33.6 Å². The molecule has 0 spiro atoms. The Bertz CT molecular complexity index is 1900. The number of morpholine rings is 1. The lowest BCUT2D eigenvalue weighted by molar-refractivity contribution is -0.146. The van der Waals surface area contributed by atoms with Crippen LogP contribution in [0, 0.1) is 11.8 Å². The Balaban J connectivity index is 0.994. The Morgan fingerprint density at radius 2 is 1.46 bits per heavy atom. The first-order chi connectivity index (χ1) is 26.2. The molecular formula is C41H51N7O6. The lowest BCUT2D eigenvalue weighted by Gasteiger charge is -2.37. The molecule has 0 radical (unpaired) electrons. The van der Waals surface area contributed by atoms with Crippen LogP contribution in [0.15, 0.2) is 60.9 Å². The van der Waals surface area contributed by atoms with Crippen LogP contribution in [0.4, 0.5) is 4.79 Å². The molecule has 7 rings (SSSR count). The summed E-state index contributed by atoms with van der Waals surface area (Å²) >= 11 is 0. The second-order valence-electron chi connectivity index (χ2n) is 14.9. The van der Waals surface area contributed by atoms with Gasteiger partial charge in [0, 0.05) is 32.0 Å². The van der Waals surface area contributed by atoms with Gasteiger partial charge in [0.15, 0.2) is 0 Å². The number of aromatic nitrogens is 4. The largest absolute Gasteiger partial charge is 0.453 e. The molecule has 2 aromatic heterocycles. The number of likely N-dealkylation sites (tertiary alicyclic amines) is 1. The zero-order chi connectivity index (χ0) is 37.8. The van der Waals surface area contributed by atoms with Crippen LogP contribution in [0.3, 0.4) is 0 Å². The van der Waals surface area contributed by atoms with Crippen LogP contribution in [0.1, 0.15) is 69.6 Å². The van der Waals surface area contributed by atoms with Gasteiger partial charge in [-0.2, -0.15) is 0 Å². The molecule has 2 saturated heterocycles. The smallest absolute Gasteiger partial charge is 0.407 e. The number of carbonyl (C=O) groups is 3. The standard InChI is InChI=1S/C41H51N7O6/c1-25(2)36(46-41(51)53-4)40(50)48-18-6-9-35(48)38-43-22-34(45-38)29-16-12-27(13-17-29)26-10-14-28(15-11-26)33-21-42-37(44-33)31-7-5-8-32(31)39(49)47-19-20-54-24-30(47)23-52-3/h10-17,21-22,25,30-32,35-36H,5-9,18-20,23-24H2,1-4H3,(H,42,44)(H,43,45)(H,46,51)/t30-,31-,32-,35+,36-/m1/s1. The summed E-state index contributed by atoms with van der Waals surface area (Å²) < 4.78 is 15.8. The molecule has 5 atom stereocenters. The van der Waals surface area contributed by atoms with E-state index in [4.69, 9.17) is 19.2 Å². The van der Waals surface area contributed by atoms with Gasteiger partial charge < -0.3 is 39.3 Å². The minimum absolute atomic E-state index is 0.0489. The van der Waals surface area contributed by atoms with Crippen LogP contribution >= 0.6 is 0 Å². The summed E-state index contributed by atoms with van der Waals surface area (Å²) in [4.78, 5) is 59.4. The van der Waals surface area contributed by atoms with Gasteiger partial charge >= 0.3 is 6.09 Å². The maximum absolute atomic E-state index is 13.7. The van der Waals surface area contributed by atoms with Crippen LogP contribution in [0.5, 0.6) is 0 Å². The molecule has 2 aliphatic heterocycles. The van der Waals surface area contributed by atoms with E-state index >= 15 is 0 Å². The first kappa shape index (κ1) is 37.3. The monoisotopic (exact) mass is 737 g/mol. The van der Waals surface area contributed by atoms with Crippen molar-refractivity contribution in [2.45, 2.75) is 70.0 Å². The number of alkyl carbamates (subject to hydrolysis) is 1. The molecule has 4 heterocycles. The highest BCUT2D eigenvalue weighted by Gasteiger charge is 2.41. The van der Waals surface area contributed by atoms with Crippen molar-refractivity contribution in [1.82, 2.24) is 35.1 Å². The molecule has 0 unspecified atom stereocenters. The highest BCUT2D eigenvalue weighted by Crippen LogP contribution is 2.41. The molecule has 286 valence electrons. The van der Waals surface area contributed by atoms with E-state index in [1.165, 1.54) is 7.11 Å². The zero-order valence-electron chi connectivity index (χ0n) is 31.5. The molecular weight excluding hydrogens is 686 g/mol. The predicted octanol–water partition coefficient (Wildman–Crippen LogP) is 5.94. The summed E-state index contributed by atoms with van der Waals surface area (Å²) in [6, 6.07) is 15.8. The minimum Gasteiger partial charge on any atom is -0.453 e. The van der Waals surface area contributed by atoms with Gasteiger partial charge in [0.1, 0.15) is 17.7 Å². The lowest BCUT2D eigenvalue weighted by Crippen LogP contribution is -2.52. The molecule has 2 aromatic carbocycles. The zero-order valence-corrected chi connectivity index (χ0v) is 31.5. The summed E-state index contributed by atoms with van der Waals surface area (Å²) in [5, 5.41) is 2.70. The van der Waals surface area contributed by atoms with Crippen LogP contribution in [0.25, 0.3) is 33.6 Å². The lowest BCUT2D eigenvalue weighted by atomic mass is 9.93. The number of methoxy groups -OCH3 is 2. The van der Waals surface area contributed by atoms with Crippen molar-refractivity contribution in [1.29, 1.82) is 0 Å². The van der Waals surface area contributed by atoms with Gasteiger partial charge in [0.25, 0.3) is 0 Å². The Kier molecular flexibility index (Phi) is 11.4. The van der Waals surface area contributed by atoms with Gasteiger partial charge in [-0.3, -0.25) is 9.59 Å². The number of imidazole rings is 2. The van der Waals surface area contributed by atoms with E-state index < -0.39 is 12.1 Å². The number of aromatic amines is 2.